The lowest BCUT2D eigenvalue weighted by molar-refractivity contribution is -0.127. The topological polar surface area (TPSA) is 163 Å². The number of ketones is 2. The van der Waals surface area contributed by atoms with Crippen LogP contribution in [0.15, 0.2) is 41.3 Å². The van der Waals surface area contributed by atoms with Crippen LogP contribution in [0.25, 0.3) is 16.9 Å². The van der Waals surface area contributed by atoms with Crippen molar-refractivity contribution in [3.05, 3.63) is 52.4 Å². The molecule has 3 aliphatic rings. The Balaban J connectivity index is 1.70. The summed E-state index contributed by atoms with van der Waals surface area (Å²) in [7, 11) is 5.18. The van der Waals surface area contributed by atoms with Gasteiger partial charge in [-0.25, -0.2) is 4.98 Å². The molecular formula is C27H27N3O7. The molecular weight excluding hydrogens is 478 g/mol. The Morgan fingerprint density at radius 2 is 1.89 bits per heavy atom. The first kappa shape index (κ1) is 24.4. The minimum absolute atomic E-state index is 0.0727. The van der Waals surface area contributed by atoms with Gasteiger partial charge in [0.05, 0.1) is 18.6 Å². The Hall–Kier alpha value is -4.34. The molecule has 1 unspecified atom stereocenters. The number of amides is 1. The Kier molecular flexibility index (Phi) is 5.69. The fourth-order valence-electron chi connectivity index (χ4n) is 5.97. The molecule has 1 amide bonds. The Morgan fingerprint density at radius 3 is 2.49 bits per heavy atom. The number of pyridine rings is 1. The zero-order valence-corrected chi connectivity index (χ0v) is 20.6. The predicted molar refractivity (Wildman–Crippen MR) is 134 cm³/mol. The number of ether oxygens (including phenoxy) is 1. The van der Waals surface area contributed by atoms with Crippen LogP contribution in [0.3, 0.4) is 0 Å². The number of aromatic nitrogens is 1. The number of carbonyl (C=O) groups excluding carboxylic acids is 3. The van der Waals surface area contributed by atoms with Crippen LogP contribution in [-0.4, -0.2) is 59.0 Å². The molecule has 2 aromatic rings. The molecule has 1 saturated carbocycles. The van der Waals surface area contributed by atoms with Crippen LogP contribution in [-0.2, 0) is 20.8 Å². The molecule has 0 radical (unpaired) electrons. The van der Waals surface area contributed by atoms with Crippen LogP contribution < -0.4 is 15.4 Å². The lowest BCUT2D eigenvalue weighted by atomic mass is 9.61. The van der Waals surface area contributed by atoms with Gasteiger partial charge in [-0.1, -0.05) is 0 Å². The standard InChI is InChI=1S/C27H27N3O7/c1-30(2)16-9-14(11-4-5-18(37-3)29-10-11)23(32)21-15(16)7-12-6-13-8-17(31)22(27(28)36)26(35)20(13)24(33)19(12)25(21)34/h4-5,9-10,12-13,20,32,34-35H,6-8H2,1-3H3,(H2,28,36)/t12-,13+,20?/m1/s1. The van der Waals surface area contributed by atoms with Gasteiger partial charge in [-0.15, -0.1) is 0 Å². The van der Waals surface area contributed by atoms with E-state index in [-0.39, 0.29) is 29.1 Å². The van der Waals surface area contributed by atoms with Crippen molar-refractivity contribution in [3.63, 3.8) is 0 Å². The van der Waals surface area contributed by atoms with Crippen LogP contribution in [0.5, 0.6) is 11.6 Å². The average Bonchev–Trinajstić information content (AvgIpc) is 2.83. The van der Waals surface area contributed by atoms with E-state index in [9.17, 15) is 29.7 Å². The summed E-state index contributed by atoms with van der Waals surface area (Å²) in [6.07, 6.45) is 2.13. The summed E-state index contributed by atoms with van der Waals surface area (Å²) in [4.78, 5) is 44.0. The number of nitrogens with two attached hydrogens (primary N) is 1. The number of aliphatic hydroxyl groups excluding tert-OH is 2. The zero-order chi connectivity index (χ0) is 26.8. The fourth-order valence-corrected chi connectivity index (χ4v) is 5.97. The second-order valence-electron chi connectivity index (χ2n) is 9.88. The highest BCUT2D eigenvalue weighted by Crippen LogP contribution is 2.53. The van der Waals surface area contributed by atoms with Gasteiger partial charge in [0.25, 0.3) is 5.91 Å². The maximum Gasteiger partial charge on any atom is 0.255 e. The number of benzene rings is 1. The van der Waals surface area contributed by atoms with Gasteiger partial charge in [0.2, 0.25) is 5.88 Å². The molecule has 1 aromatic carbocycles. The fraction of sp³-hybridized carbons (Fsp3) is 0.333. The van der Waals surface area contributed by atoms with Crippen molar-refractivity contribution in [1.29, 1.82) is 0 Å². The van der Waals surface area contributed by atoms with Crippen LogP contribution in [0.2, 0.25) is 0 Å². The predicted octanol–water partition coefficient (Wildman–Crippen LogP) is 2.45. The van der Waals surface area contributed by atoms with Gasteiger partial charge in [0.1, 0.15) is 22.8 Å². The first-order valence-corrected chi connectivity index (χ1v) is 11.9. The number of carbonyl (C=O) groups is 3. The largest absolute Gasteiger partial charge is 0.511 e. The molecule has 192 valence electrons. The van der Waals surface area contributed by atoms with E-state index in [1.54, 1.807) is 24.4 Å². The smallest absolute Gasteiger partial charge is 0.255 e. The third-order valence-electron chi connectivity index (χ3n) is 7.60. The molecule has 1 heterocycles. The molecule has 0 saturated heterocycles. The van der Waals surface area contributed by atoms with Crippen LogP contribution in [0.1, 0.15) is 24.0 Å². The molecule has 1 fully saturated rings. The third kappa shape index (κ3) is 3.62. The molecule has 0 aliphatic heterocycles. The monoisotopic (exact) mass is 505 g/mol. The quantitative estimate of drug-likeness (QED) is 0.457. The van der Waals surface area contributed by atoms with E-state index >= 15 is 0 Å². The highest BCUT2D eigenvalue weighted by atomic mass is 16.5. The molecule has 0 spiro atoms. The minimum Gasteiger partial charge on any atom is -0.511 e. The number of aromatic hydroxyl groups is 1. The van der Waals surface area contributed by atoms with E-state index in [1.807, 2.05) is 19.0 Å². The molecule has 0 bridgehead atoms. The number of anilines is 1. The number of primary amides is 1. The number of phenolic OH excluding ortho intramolecular Hbond substituents is 1. The lowest BCUT2D eigenvalue weighted by Crippen LogP contribution is -2.44. The van der Waals surface area contributed by atoms with E-state index in [0.717, 1.165) is 5.69 Å². The second kappa shape index (κ2) is 8.65. The van der Waals surface area contributed by atoms with E-state index in [0.29, 0.717) is 35.4 Å². The summed E-state index contributed by atoms with van der Waals surface area (Å²) in [5.74, 6) is -5.17. The van der Waals surface area contributed by atoms with Crippen molar-refractivity contribution < 1.29 is 34.4 Å². The molecule has 1 aromatic heterocycles. The average molecular weight is 506 g/mol. The number of Topliss-reactive ketones (excluding diaryl/α,β-unsaturated/α-hetero) is 2. The number of hydrogen-bond donors (Lipinski definition) is 4. The van der Waals surface area contributed by atoms with Gasteiger partial charge in [0.15, 0.2) is 11.6 Å². The highest BCUT2D eigenvalue weighted by Gasteiger charge is 2.51. The number of aliphatic hydroxyl groups is 2. The summed E-state index contributed by atoms with van der Waals surface area (Å²) in [6, 6.07) is 5.19. The third-order valence-corrected chi connectivity index (χ3v) is 7.60. The molecule has 10 heteroatoms. The van der Waals surface area contributed by atoms with Gasteiger partial charge < -0.3 is 30.7 Å². The number of nitrogens with zero attached hydrogens (tertiary/aromatic N) is 2. The van der Waals surface area contributed by atoms with Gasteiger partial charge in [-0.2, -0.15) is 0 Å². The number of methoxy groups -OCH3 is 1. The SMILES string of the molecule is COc1ccc(-c2cc(N(C)C)c3c(c2O)C(O)=C2C(=O)C4C(O)=C(C(N)=O)C(=O)C[C@@H]4C[C@@H]2C3)cn1. The van der Waals surface area contributed by atoms with Crippen molar-refractivity contribution >= 4 is 28.9 Å². The van der Waals surface area contributed by atoms with Crippen molar-refractivity contribution in [3.8, 4) is 22.8 Å². The molecule has 5 rings (SSSR count). The molecule has 3 atom stereocenters. The molecule has 3 aliphatic carbocycles. The number of hydrogen-bond acceptors (Lipinski definition) is 9. The molecule has 5 N–H and O–H groups in total. The summed E-state index contributed by atoms with van der Waals surface area (Å²) < 4.78 is 5.12. The first-order chi connectivity index (χ1) is 17.5. The number of rotatable bonds is 4. The van der Waals surface area contributed by atoms with E-state index in [1.165, 1.54) is 7.11 Å². The van der Waals surface area contributed by atoms with Crippen molar-refractivity contribution in [2.45, 2.75) is 19.3 Å². The highest BCUT2D eigenvalue weighted by molar-refractivity contribution is 6.21. The van der Waals surface area contributed by atoms with E-state index in [2.05, 4.69) is 4.98 Å². The van der Waals surface area contributed by atoms with E-state index < -0.39 is 46.6 Å². The van der Waals surface area contributed by atoms with Crippen LogP contribution in [0.4, 0.5) is 5.69 Å². The van der Waals surface area contributed by atoms with Crippen molar-refractivity contribution in [2.75, 3.05) is 26.1 Å². The molecule has 37 heavy (non-hydrogen) atoms. The van der Waals surface area contributed by atoms with Crippen molar-refractivity contribution in [2.24, 2.45) is 23.5 Å². The summed E-state index contributed by atoms with van der Waals surface area (Å²) in [6.45, 7) is 0. The van der Waals surface area contributed by atoms with Gasteiger partial charge >= 0.3 is 0 Å². The van der Waals surface area contributed by atoms with Crippen LogP contribution in [0, 0.1) is 17.8 Å². The summed E-state index contributed by atoms with van der Waals surface area (Å²) in [5.41, 5.74) is 7.35. The minimum atomic E-state index is -1.15. The number of phenols is 1. The maximum atomic E-state index is 13.7. The second-order valence-corrected chi connectivity index (χ2v) is 9.88. The molecule has 10 nitrogen and oxygen atoms in total. The van der Waals surface area contributed by atoms with Gasteiger partial charge in [-0.05, 0) is 42.4 Å². The van der Waals surface area contributed by atoms with Crippen molar-refractivity contribution in [1.82, 2.24) is 4.98 Å². The summed E-state index contributed by atoms with van der Waals surface area (Å²) in [5, 5.41) is 33.5. The van der Waals surface area contributed by atoms with Crippen LogP contribution >= 0.6 is 0 Å². The Bertz CT molecular complexity index is 1420. The zero-order valence-electron chi connectivity index (χ0n) is 20.6. The normalized spacial score (nSPS) is 22.8. The Labute approximate surface area is 212 Å². The van der Waals surface area contributed by atoms with E-state index in [4.69, 9.17) is 10.5 Å². The number of fused-ring (bicyclic) bond motifs is 3. The lowest BCUT2D eigenvalue weighted by Gasteiger charge is -2.41. The number of allylic oxidation sites excluding steroid dienone is 2. The van der Waals surface area contributed by atoms with Gasteiger partial charge in [0, 0.05) is 55.2 Å². The van der Waals surface area contributed by atoms with Gasteiger partial charge in [-0.3, -0.25) is 14.4 Å². The maximum absolute atomic E-state index is 13.7. The summed E-state index contributed by atoms with van der Waals surface area (Å²) >= 11 is 0. The Morgan fingerprint density at radius 1 is 1.16 bits per heavy atom. The first-order valence-electron chi connectivity index (χ1n) is 11.9.